The molecule has 0 saturated carbocycles. The summed E-state index contributed by atoms with van der Waals surface area (Å²) in [6.45, 7) is 1.56. The summed E-state index contributed by atoms with van der Waals surface area (Å²) in [5.74, 6) is -1.87. The molecule has 138 valence electrons. The molecule has 2 rings (SSSR count). The predicted octanol–water partition coefficient (Wildman–Crippen LogP) is 0.839. The van der Waals surface area contributed by atoms with Gasteiger partial charge in [-0.05, 0) is 12.5 Å². The standard InChI is InChI=1S/C14H14N4O6S2/c1-6-9(12(21)23-2)11(26-10(6)13(22)24-3)16-8(20)5-25-14-17-7(19)4-15-18-14/h4H,5H2,1-3H3,(H,16,20)(H,17,18,19). The molecule has 0 aromatic carbocycles. The molecule has 0 aliphatic carbocycles. The number of thioether (sulfide) groups is 1. The largest absolute Gasteiger partial charge is 0.465 e. The third kappa shape index (κ3) is 4.46. The summed E-state index contributed by atoms with van der Waals surface area (Å²) >= 11 is 1.87. The van der Waals surface area contributed by atoms with Crippen molar-refractivity contribution < 1.29 is 23.9 Å². The number of aromatic amines is 1. The lowest BCUT2D eigenvalue weighted by atomic mass is 10.1. The normalized spacial score (nSPS) is 10.3. The number of aromatic nitrogens is 3. The quantitative estimate of drug-likeness (QED) is 0.535. The zero-order valence-corrected chi connectivity index (χ0v) is 15.6. The van der Waals surface area contributed by atoms with Crippen LogP contribution >= 0.6 is 23.1 Å². The van der Waals surface area contributed by atoms with Gasteiger partial charge >= 0.3 is 11.9 Å². The number of H-pyrrole nitrogens is 1. The second-order valence-electron chi connectivity index (χ2n) is 4.72. The Kier molecular flexibility index (Phi) is 6.46. The maximum absolute atomic E-state index is 12.2. The molecule has 0 bridgehead atoms. The summed E-state index contributed by atoms with van der Waals surface area (Å²) in [6.07, 6.45) is 1.01. The van der Waals surface area contributed by atoms with E-state index in [-0.39, 0.29) is 26.4 Å². The van der Waals surface area contributed by atoms with Gasteiger partial charge in [-0.25, -0.2) is 9.59 Å². The van der Waals surface area contributed by atoms with Crippen molar-refractivity contribution in [3.8, 4) is 0 Å². The number of carbonyl (C=O) groups excluding carboxylic acids is 3. The van der Waals surface area contributed by atoms with Crippen molar-refractivity contribution in [1.82, 2.24) is 15.2 Å². The van der Waals surface area contributed by atoms with Crippen LogP contribution in [0.5, 0.6) is 0 Å². The molecule has 2 aromatic heterocycles. The molecule has 2 heterocycles. The van der Waals surface area contributed by atoms with Crippen LogP contribution in [0.4, 0.5) is 5.00 Å². The molecule has 0 unspecified atom stereocenters. The highest BCUT2D eigenvalue weighted by Crippen LogP contribution is 2.34. The lowest BCUT2D eigenvalue weighted by Crippen LogP contribution is -2.17. The summed E-state index contributed by atoms with van der Waals surface area (Å²) < 4.78 is 9.38. The number of esters is 2. The topological polar surface area (TPSA) is 140 Å². The highest BCUT2D eigenvalue weighted by atomic mass is 32.2. The maximum Gasteiger partial charge on any atom is 0.348 e. The first-order valence-electron chi connectivity index (χ1n) is 7.02. The van der Waals surface area contributed by atoms with Crippen LogP contribution in [0.25, 0.3) is 0 Å². The zero-order chi connectivity index (χ0) is 19.3. The van der Waals surface area contributed by atoms with Crippen molar-refractivity contribution in [3.05, 3.63) is 32.6 Å². The molecular formula is C14H14N4O6S2. The molecule has 12 heteroatoms. The second kappa shape index (κ2) is 8.58. The first-order valence-corrected chi connectivity index (χ1v) is 8.82. The first-order chi connectivity index (χ1) is 12.4. The summed E-state index contributed by atoms with van der Waals surface area (Å²) in [4.78, 5) is 49.7. The van der Waals surface area contributed by atoms with Crippen LogP contribution in [0.3, 0.4) is 0 Å². The van der Waals surface area contributed by atoms with Crippen LogP contribution in [0.2, 0.25) is 0 Å². The van der Waals surface area contributed by atoms with Crippen LogP contribution in [0.1, 0.15) is 25.6 Å². The number of amides is 1. The molecule has 0 spiro atoms. The number of hydrogen-bond acceptors (Lipinski definition) is 10. The van der Waals surface area contributed by atoms with E-state index in [1.165, 1.54) is 14.2 Å². The summed E-state index contributed by atoms with van der Waals surface area (Å²) in [7, 11) is 2.42. The number of anilines is 1. The fraction of sp³-hybridized carbons (Fsp3) is 0.286. The minimum atomic E-state index is -0.685. The van der Waals surface area contributed by atoms with Gasteiger partial charge in [0, 0.05) is 0 Å². The van der Waals surface area contributed by atoms with Crippen molar-refractivity contribution in [2.24, 2.45) is 0 Å². The number of nitrogens with one attached hydrogen (secondary N) is 2. The van der Waals surface area contributed by atoms with Gasteiger partial charge in [0.1, 0.15) is 16.1 Å². The molecule has 2 aromatic rings. The average Bonchev–Trinajstić information content (AvgIpc) is 2.94. The number of hydrogen-bond donors (Lipinski definition) is 2. The Hall–Kier alpha value is -2.73. The van der Waals surface area contributed by atoms with Crippen molar-refractivity contribution in [2.75, 3.05) is 25.3 Å². The minimum Gasteiger partial charge on any atom is -0.465 e. The fourth-order valence-electron chi connectivity index (χ4n) is 1.89. The Morgan fingerprint density at radius 3 is 2.58 bits per heavy atom. The molecule has 0 fully saturated rings. The van der Waals surface area contributed by atoms with Crippen molar-refractivity contribution in [3.63, 3.8) is 0 Å². The minimum absolute atomic E-state index is 0.0872. The van der Waals surface area contributed by atoms with Crippen LogP contribution < -0.4 is 10.9 Å². The zero-order valence-electron chi connectivity index (χ0n) is 13.9. The van der Waals surface area contributed by atoms with Gasteiger partial charge in [0.15, 0.2) is 5.16 Å². The van der Waals surface area contributed by atoms with Crippen LogP contribution in [0, 0.1) is 6.92 Å². The molecule has 26 heavy (non-hydrogen) atoms. The predicted molar refractivity (Wildman–Crippen MR) is 93.7 cm³/mol. The Labute approximate surface area is 155 Å². The van der Waals surface area contributed by atoms with E-state index in [0.29, 0.717) is 5.56 Å². The number of ether oxygens (including phenoxy) is 2. The molecule has 0 aliphatic heterocycles. The highest BCUT2D eigenvalue weighted by Gasteiger charge is 2.26. The first kappa shape index (κ1) is 19.6. The molecule has 0 aliphatic rings. The van der Waals surface area contributed by atoms with Gasteiger partial charge < -0.3 is 14.8 Å². The van der Waals surface area contributed by atoms with E-state index in [1.807, 2.05) is 0 Å². The molecule has 10 nitrogen and oxygen atoms in total. The summed E-state index contributed by atoms with van der Waals surface area (Å²) in [5.41, 5.74) is 0.00607. The Balaban J connectivity index is 2.19. The van der Waals surface area contributed by atoms with Gasteiger partial charge in [-0.1, -0.05) is 11.8 Å². The molecule has 0 atom stereocenters. The fourth-order valence-corrected chi connectivity index (χ4v) is 3.64. The Morgan fingerprint density at radius 2 is 1.96 bits per heavy atom. The smallest absolute Gasteiger partial charge is 0.348 e. The van der Waals surface area contributed by atoms with Gasteiger partial charge in [0.25, 0.3) is 5.56 Å². The SMILES string of the molecule is COC(=O)c1sc(NC(=O)CSc2nncc(=O)[nH]2)c(C(=O)OC)c1C. The molecule has 0 radical (unpaired) electrons. The summed E-state index contributed by atoms with van der Waals surface area (Å²) in [5, 5.41) is 10.1. The van der Waals surface area contributed by atoms with Gasteiger partial charge in [0.05, 0.1) is 25.5 Å². The number of rotatable bonds is 6. The van der Waals surface area contributed by atoms with E-state index in [4.69, 9.17) is 4.74 Å². The van der Waals surface area contributed by atoms with Crippen LogP contribution in [0.15, 0.2) is 16.1 Å². The van der Waals surface area contributed by atoms with E-state index in [2.05, 4.69) is 25.2 Å². The average molecular weight is 398 g/mol. The van der Waals surface area contributed by atoms with Crippen LogP contribution in [-0.2, 0) is 14.3 Å². The van der Waals surface area contributed by atoms with Gasteiger partial charge in [-0.15, -0.1) is 16.4 Å². The number of carbonyl (C=O) groups is 3. The third-order valence-corrected chi connectivity index (χ3v) is 5.10. The highest BCUT2D eigenvalue weighted by molar-refractivity contribution is 7.99. The molecule has 0 saturated heterocycles. The van der Waals surface area contributed by atoms with Crippen molar-refractivity contribution in [2.45, 2.75) is 12.1 Å². The number of thiophene rings is 1. The van der Waals surface area contributed by atoms with Crippen LogP contribution in [-0.4, -0.2) is 53.0 Å². The number of nitrogens with zero attached hydrogens (tertiary/aromatic N) is 2. The monoisotopic (exact) mass is 398 g/mol. The van der Waals surface area contributed by atoms with E-state index in [9.17, 15) is 19.2 Å². The van der Waals surface area contributed by atoms with E-state index in [0.717, 1.165) is 29.3 Å². The summed E-state index contributed by atoms with van der Waals surface area (Å²) in [6, 6.07) is 0. The Morgan fingerprint density at radius 1 is 1.27 bits per heavy atom. The lowest BCUT2D eigenvalue weighted by Gasteiger charge is -2.05. The lowest BCUT2D eigenvalue weighted by molar-refractivity contribution is -0.113. The van der Waals surface area contributed by atoms with Crippen molar-refractivity contribution >= 4 is 45.9 Å². The maximum atomic E-state index is 12.2. The van der Waals surface area contributed by atoms with E-state index in [1.54, 1.807) is 6.92 Å². The molecule has 1 amide bonds. The van der Waals surface area contributed by atoms with Gasteiger partial charge in [-0.2, -0.15) is 5.10 Å². The second-order valence-corrected chi connectivity index (χ2v) is 6.70. The van der Waals surface area contributed by atoms with Gasteiger partial charge in [-0.3, -0.25) is 14.6 Å². The molecular weight excluding hydrogens is 384 g/mol. The van der Waals surface area contributed by atoms with E-state index < -0.39 is 23.4 Å². The van der Waals surface area contributed by atoms with Gasteiger partial charge in [0.2, 0.25) is 5.91 Å². The molecule has 2 N–H and O–H groups in total. The van der Waals surface area contributed by atoms with E-state index >= 15 is 0 Å². The Bertz CT molecular complexity index is 907. The van der Waals surface area contributed by atoms with Crippen molar-refractivity contribution in [1.29, 1.82) is 0 Å². The third-order valence-electron chi connectivity index (χ3n) is 3.05. The number of methoxy groups -OCH3 is 2.